The number of benzene rings is 1. The molecule has 0 spiro atoms. The van der Waals surface area contributed by atoms with Gasteiger partial charge in [0.2, 0.25) is 0 Å². The van der Waals surface area contributed by atoms with Gasteiger partial charge in [-0.2, -0.15) is 0 Å². The second-order valence-corrected chi connectivity index (χ2v) is 4.12. The monoisotopic (exact) mass is 252 g/mol. The van der Waals surface area contributed by atoms with Crippen LogP contribution in [0, 0.1) is 6.92 Å². The molecule has 0 unspecified atom stereocenters. The molecule has 0 atom stereocenters. The van der Waals surface area contributed by atoms with Crippen molar-refractivity contribution < 1.29 is 9.26 Å². The molecule has 0 fully saturated rings. The van der Waals surface area contributed by atoms with Crippen molar-refractivity contribution in [1.29, 1.82) is 0 Å². The van der Waals surface area contributed by atoms with E-state index < -0.39 is 0 Å². The van der Waals surface area contributed by atoms with E-state index in [-0.39, 0.29) is 0 Å². The van der Waals surface area contributed by atoms with Gasteiger partial charge in [-0.1, -0.05) is 22.8 Å². The number of aromatic nitrogens is 1. The highest BCUT2D eigenvalue weighted by molar-refractivity contribution is 6.30. The molecule has 0 aliphatic heterocycles. The number of ether oxygens (including phenoxy) is 1. The summed E-state index contributed by atoms with van der Waals surface area (Å²) in [5.74, 6) is 1.38. The van der Waals surface area contributed by atoms with Crippen LogP contribution in [0.15, 0.2) is 28.8 Å². The first-order chi connectivity index (χ1) is 8.19. The van der Waals surface area contributed by atoms with Gasteiger partial charge in [0.15, 0.2) is 5.76 Å². The Morgan fingerprint density at radius 2 is 2.24 bits per heavy atom. The molecule has 1 heterocycles. The molecule has 0 saturated heterocycles. The van der Waals surface area contributed by atoms with Crippen LogP contribution in [0.2, 0.25) is 5.02 Å². The van der Waals surface area contributed by atoms with Gasteiger partial charge in [-0.3, -0.25) is 0 Å². The van der Waals surface area contributed by atoms with Gasteiger partial charge < -0.3 is 15.0 Å². The Morgan fingerprint density at radius 3 is 2.94 bits per heavy atom. The molecular formula is C12H13ClN2O2. The topological polar surface area (TPSA) is 61.3 Å². The molecular weight excluding hydrogens is 240 g/mol. The molecule has 2 aromatic rings. The normalized spacial score (nSPS) is 10.5. The van der Waals surface area contributed by atoms with Gasteiger partial charge in [-0.15, -0.1) is 0 Å². The van der Waals surface area contributed by atoms with E-state index in [2.05, 4.69) is 5.16 Å². The molecule has 0 aliphatic carbocycles. The molecule has 2 rings (SSSR count). The third-order valence-corrected chi connectivity index (χ3v) is 2.57. The zero-order valence-corrected chi connectivity index (χ0v) is 10.2. The van der Waals surface area contributed by atoms with Crippen LogP contribution in [0.4, 0.5) is 0 Å². The predicted molar refractivity (Wildman–Crippen MR) is 64.9 cm³/mol. The SMILES string of the molecule is Cc1ccc(Cl)cc1OCc1cc(CN)no1. The number of hydrogen-bond donors (Lipinski definition) is 1. The Balaban J connectivity index is 2.04. The van der Waals surface area contributed by atoms with E-state index in [1.54, 1.807) is 12.1 Å². The second-order valence-electron chi connectivity index (χ2n) is 3.69. The first-order valence-electron chi connectivity index (χ1n) is 5.22. The summed E-state index contributed by atoms with van der Waals surface area (Å²) in [6.45, 7) is 2.63. The average Bonchev–Trinajstić information content (AvgIpc) is 2.78. The minimum Gasteiger partial charge on any atom is -0.485 e. The molecule has 4 nitrogen and oxygen atoms in total. The van der Waals surface area contributed by atoms with Crippen LogP contribution >= 0.6 is 11.6 Å². The highest BCUT2D eigenvalue weighted by Crippen LogP contribution is 2.23. The van der Waals surface area contributed by atoms with Gasteiger partial charge in [0.05, 0.1) is 5.69 Å². The molecule has 5 heteroatoms. The Labute approximate surface area is 104 Å². The number of hydrogen-bond acceptors (Lipinski definition) is 4. The quantitative estimate of drug-likeness (QED) is 0.909. The van der Waals surface area contributed by atoms with E-state index >= 15 is 0 Å². The van der Waals surface area contributed by atoms with Crippen LogP contribution in [-0.4, -0.2) is 5.16 Å². The number of halogens is 1. The summed E-state index contributed by atoms with van der Waals surface area (Å²) in [6, 6.07) is 7.28. The molecule has 0 aliphatic rings. The Hall–Kier alpha value is -1.52. The molecule has 1 aromatic heterocycles. The summed E-state index contributed by atoms with van der Waals surface area (Å²) in [4.78, 5) is 0. The number of rotatable bonds is 4. The van der Waals surface area contributed by atoms with E-state index in [1.165, 1.54) is 0 Å². The highest BCUT2D eigenvalue weighted by atomic mass is 35.5. The summed E-state index contributed by atoms with van der Waals surface area (Å²) < 4.78 is 10.7. The molecule has 0 saturated carbocycles. The van der Waals surface area contributed by atoms with Crippen LogP contribution in [0.5, 0.6) is 5.75 Å². The standard InChI is InChI=1S/C12H13ClN2O2/c1-8-2-3-9(13)4-12(8)16-7-11-5-10(6-14)15-17-11/h2-5H,6-7,14H2,1H3. The van der Waals surface area contributed by atoms with Gasteiger partial charge in [-0.05, 0) is 24.6 Å². The molecule has 2 N–H and O–H groups in total. The summed E-state index contributed by atoms with van der Waals surface area (Å²) in [6.07, 6.45) is 0. The van der Waals surface area contributed by atoms with Gasteiger partial charge in [0, 0.05) is 17.6 Å². The molecule has 0 bridgehead atoms. The Morgan fingerprint density at radius 1 is 1.41 bits per heavy atom. The summed E-state index contributed by atoms with van der Waals surface area (Å²) in [7, 11) is 0. The minimum atomic E-state index is 0.314. The fraction of sp³-hybridized carbons (Fsp3) is 0.250. The van der Waals surface area contributed by atoms with Crippen molar-refractivity contribution in [3.63, 3.8) is 0 Å². The van der Waals surface area contributed by atoms with Crippen LogP contribution in [0.25, 0.3) is 0 Å². The second kappa shape index (κ2) is 5.21. The van der Waals surface area contributed by atoms with Gasteiger partial charge in [0.1, 0.15) is 12.4 Å². The van der Waals surface area contributed by atoms with Crippen molar-refractivity contribution in [1.82, 2.24) is 5.16 Å². The molecule has 1 aromatic carbocycles. The average molecular weight is 253 g/mol. The van der Waals surface area contributed by atoms with Crippen molar-refractivity contribution >= 4 is 11.6 Å². The van der Waals surface area contributed by atoms with E-state index in [9.17, 15) is 0 Å². The number of nitrogens with zero attached hydrogens (tertiary/aromatic N) is 1. The van der Waals surface area contributed by atoms with Crippen LogP contribution in [0.3, 0.4) is 0 Å². The lowest BCUT2D eigenvalue weighted by molar-refractivity contribution is 0.247. The van der Waals surface area contributed by atoms with Gasteiger partial charge in [0.25, 0.3) is 0 Å². The smallest absolute Gasteiger partial charge is 0.174 e. The van der Waals surface area contributed by atoms with Crippen LogP contribution < -0.4 is 10.5 Å². The molecule has 90 valence electrons. The third-order valence-electron chi connectivity index (χ3n) is 2.34. The van der Waals surface area contributed by atoms with Crippen molar-refractivity contribution in [3.8, 4) is 5.75 Å². The maximum absolute atomic E-state index is 5.89. The maximum Gasteiger partial charge on any atom is 0.174 e. The number of nitrogens with two attached hydrogens (primary N) is 1. The third kappa shape index (κ3) is 2.99. The first kappa shape index (κ1) is 12.0. The van der Waals surface area contributed by atoms with Gasteiger partial charge >= 0.3 is 0 Å². The Kier molecular flexibility index (Phi) is 3.66. The number of aryl methyl sites for hydroxylation is 1. The lowest BCUT2D eigenvalue weighted by atomic mass is 10.2. The highest BCUT2D eigenvalue weighted by Gasteiger charge is 2.05. The fourth-order valence-electron chi connectivity index (χ4n) is 1.40. The molecule has 0 amide bonds. The first-order valence-corrected chi connectivity index (χ1v) is 5.60. The molecule has 0 radical (unpaired) electrons. The summed E-state index contributed by atoms with van der Waals surface area (Å²) in [5, 5.41) is 4.43. The van der Waals surface area contributed by atoms with Crippen molar-refractivity contribution in [2.24, 2.45) is 5.73 Å². The minimum absolute atomic E-state index is 0.314. The largest absolute Gasteiger partial charge is 0.485 e. The van der Waals surface area contributed by atoms with Crippen molar-refractivity contribution in [3.05, 3.63) is 46.3 Å². The van der Waals surface area contributed by atoms with Gasteiger partial charge in [-0.25, -0.2) is 0 Å². The molecule has 17 heavy (non-hydrogen) atoms. The zero-order chi connectivity index (χ0) is 12.3. The van der Waals surface area contributed by atoms with Crippen LogP contribution in [-0.2, 0) is 13.2 Å². The predicted octanol–water partition coefficient (Wildman–Crippen LogP) is 2.67. The lowest BCUT2D eigenvalue weighted by Crippen LogP contribution is -1.96. The van der Waals surface area contributed by atoms with Crippen molar-refractivity contribution in [2.75, 3.05) is 0 Å². The van der Waals surface area contributed by atoms with E-state index in [0.29, 0.717) is 29.6 Å². The Bertz CT molecular complexity index is 511. The van der Waals surface area contributed by atoms with E-state index in [0.717, 1.165) is 11.3 Å². The summed E-state index contributed by atoms with van der Waals surface area (Å²) in [5.41, 5.74) is 7.17. The van der Waals surface area contributed by atoms with Crippen molar-refractivity contribution in [2.45, 2.75) is 20.1 Å². The fourth-order valence-corrected chi connectivity index (χ4v) is 1.56. The lowest BCUT2D eigenvalue weighted by Gasteiger charge is -2.07. The maximum atomic E-state index is 5.89. The van der Waals surface area contributed by atoms with E-state index in [1.807, 2.05) is 19.1 Å². The zero-order valence-electron chi connectivity index (χ0n) is 9.44. The van der Waals surface area contributed by atoms with Crippen LogP contribution in [0.1, 0.15) is 17.0 Å². The van der Waals surface area contributed by atoms with E-state index in [4.69, 9.17) is 26.6 Å². The summed E-state index contributed by atoms with van der Waals surface area (Å²) >= 11 is 5.89.